The number of carbonyl (C=O) groups excluding carboxylic acids is 1. The quantitative estimate of drug-likeness (QED) is 0.846. The van der Waals surface area contributed by atoms with E-state index in [-0.39, 0.29) is 11.4 Å². The lowest BCUT2D eigenvalue weighted by atomic mass is 9.53. The first-order valence-corrected chi connectivity index (χ1v) is 9.67. The zero-order chi connectivity index (χ0) is 16.7. The summed E-state index contributed by atoms with van der Waals surface area (Å²) in [5.74, 6) is 3.18. The molecule has 1 atom stereocenters. The van der Waals surface area contributed by atoms with E-state index in [1.165, 1.54) is 38.5 Å². The van der Waals surface area contributed by atoms with Crippen LogP contribution in [-0.4, -0.2) is 17.6 Å². The van der Waals surface area contributed by atoms with Crippen LogP contribution in [0.1, 0.15) is 51.9 Å². The fourth-order valence-electron chi connectivity index (χ4n) is 5.63. The van der Waals surface area contributed by atoms with Crippen molar-refractivity contribution in [2.24, 2.45) is 17.8 Å². The molecule has 0 aliphatic heterocycles. The van der Waals surface area contributed by atoms with Gasteiger partial charge in [0, 0.05) is 10.6 Å². The lowest BCUT2D eigenvalue weighted by Gasteiger charge is -2.57. The van der Waals surface area contributed by atoms with E-state index in [0.29, 0.717) is 17.2 Å². The molecule has 0 radical (unpaired) electrons. The lowest BCUT2D eigenvalue weighted by molar-refractivity contribution is -0.134. The number of amides is 1. The average Bonchev–Trinajstić information content (AvgIpc) is 2.50. The van der Waals surface area contributed by atoms with Crippen LogP contribution in [0.4, 0.5) is 0 Å². The van der Waals surface area contributed by atoms with Gasteiger partial charge in [0.05, 0.1) is 0 Å². The molecule has 4 fully saturated rings. The van der Waals surface area contributed by atoms with E-state index in [1.54, 1.807) is 6.07 Å². The van der Waals surface area contributed by atoms with E-state index in [0.717, 1.165) is 17.8 Å². The molecular weight excluding hydrogens is 322 g/mol. The molecule has 1 amide bonds. The van der Waals surface area contributed by atoms with Gasteiger partial charge in [0.25, 0.3) is 5.91 Å². The molecule has 24 heavy (non-hydrogen) atoms. The van der Waals surface area contributed by atoms with Crippen LogP contribution >= 0.6 is 11.6 Å². The van der Waals surface area contributed by atoms with Crippen LogP contribution in [0, 0.1) is 17.8 Å². The Bertz CT molecular complexity index is 595. The van der Waals surface area contributed by atoms with E-state index < -0.39 is 6.10 Å². The van der Waals surface area contributed by atoms with Gasteiger partial charge in [-0.1, -0.05) is 24.6 Å². The maximum Gasteiger partial charge on any atom is 0.261 e. The molecule has 130 valence electrons. The topological polar surface area (TPSA) is 38.3 Å². The Labute approximate surface area is 149 Å². The number of benzene rings is 1. The highest BCUT2D eigenvalue weighted by atomic mass is 35.5. The molecule has 3 nitrogen and oxygen atoms in total. The minimum absolute atomic E-state index is 0.0386. The van der Waals surface area contributed by atoms with Crippen molar-refractivity contribution in [3.05, 3.63) is 29.3 Å². The largest absolute Gasteiger partial charge is 0.481 e. The van der Waals surface area contributed by atoms with Crippen molar-refractivity contribution in [2.45, 2.75) is 63.5 Å². The van der Waals surface area contributed by atoms with Gasteiger partial charge in [0.15, 0.2) is 6.10 Å². The molecule has 4 saturated carbocycles. The van der Waals surface area contributed by atoms with Gasteiger partial charge >= 0.3 is 0 Å². The summed E-state index contributed by atoms with van der Waals surface area (Å²) in [5.41, 5.74) is 0.0386. The maximum atomic E-state index is 12.9. The van der Waals surface area contributed by atoms with Crippen LogP contribution in [-0.2, 0) is 4.79 Å². The average molecular weight is 348 g/mol. The van der Waals surface area contributed by atoms with Gasteiger partial charge in [-0.05, 0) is 80.9 Å². The summed E-state index contributed by atoms with van der Waals surface area (Å²) < 4.78 is 5.92. The molecule has 0 heterocycles. The van der Waals surface area contributed by atoms with Crippen LogP contribution in [0.2, 0.25) is 5.02 Å². The first kappa shape index (κ1) is 16.3. The van der Waals surface area contributed by atoms with Crippen molar-refractivity contribution in [3.63, 3.8) is 0 Å². The molecule has 4 bridgehead atoms. The van der Waals surface area contributed by atoms with Gasteiger partial charge in [-0.3, -0.25) is 4.79 Å². The number of hydrogen-bond acceptors (Lipinski definition) is 2. The van der Waals surface area contributed by atoms with E-state index in [9.17, 15) is 4.79 Å². The second-order valence-electron chi connectivity index (χ2n) is 8.16. The highest BCUT2D eigenvalue weighted by Crippen LogP contribution is 2.55. The van der Waals surface area contributed by atoms with E-state index in [1.807, 2.05) is 25.1 Å². The predicted octanol–water partition coefficient (Wildman–Crippen LogP) is 4.58. The molecule has 1 aromatic carbocycles. The minimum Gasteiger partial charge on any atom is -0.481 e. The number of rotatable bonds is 5. The van der Waals surface area contributed by atoms with Crippen LogP contribution in [0.15, 0.2) is 24.3 Å². The Balaban J connectivity index is 1.44. The molecule has 1 aromatic rings. The number of halogens is 1. The molecule has 0 saturated heterocycles. The summed E-state index contributed by atoms with van der Waals surface area (Å²) in [6, 6.07) is 7.28. The zero-order valence-corrected chi connectivity index (χ0v) is 15.0. The SMILES string of the molecule is CC[C@H](Oc1cccc(Cl)c1)C(=O)NC12CC3CC(CC(C3)C1)C2. The third kappa shape index (κ3) is 3.15. The summed E-state index contributed by atoms with van der Waals surface area (Å²) >= 11 is 6.02. The summed E-state index contributed by atoms with van der Waals surface area (Å²) in [4.78, 5) is 12.9. The van der Waals surface area contributed by atoms with Crippen LogP contribution < -0.4 is 10.1 Å². The third-order valence-corrected chi connectivity index (χ3v) is 6.40. The smallest absolute Gasteiger partial charge is 0.261 e. The van der Waals surface area contributed by atoms with E-state index in [4.69, 9.17) is 16.3 Å². The van der Waals surface area contributed by atoms with Gasteiger partial charge in [-0.2, -0.15) is 0 Å². The summed E-state index contributed by atoms with van der Waals surface area (Å²) in [6.45, 7) is 1.99. The highest BCUT2D eigenvalue weighted by Gasteiger charge is 2.51. The van der Waals surface area contributed by atoms with Gasteiger partial charge in [-0.25, -0.2) is 0 Å². The number of carbonyl (C=O) groups is 1. The maximum absolute atomic E-state index is 12.9. The molecule has 4 heteroatoms. The van der Waals surface area contributed by atoms with Crippen LogP contribution in [0.5, 0.6) is 5.75 Å². The molecule has 0 spiro atoms. The third-order valence-electron chi connectivity index (χ3n) is 6.16. The monoisotopic (exact) mass is 347 g/mol. The zero-order valence-electron chi connectivity index (χ0n) is 14.3. The Morgan fingerprint density at radius 2 is 1.88 bits per heavy atom. The van der Waals surface area contributed by atoms with Crippen molar-refractivity contribution in [1.29, 1.82) is 0 Å². The first-order valence-electron chi connectivity index (χ1n) is 9.29. The second-order valence-corrected chi connectivity index (χ2v) is 8.60. The highest BCUT2D eigenvalue weighted by molar-refractivity contribution is 6.30. The van der Waals surface area contributed by atoms with Gasteiger partial charge in [0.1, 0.15) is 5.75 Å². The predicted molar refractivity (Wildman–Crippen MR) is 95.2 cm³/mol. The normalized spacial score (nSPS) is 34.8. The fourth-order valence-corrected chi connectivity index (χ4v) is 5.81. The van der Waals surface area contributed by atoms with Crippen molar-refractivity contribution in [3.8, 4) is 5.75 Å². The second kappa shape index (κ2) is 6.25. The number of nitrogens with one attached hydrogen (secondary N) is 1. The van der Waals surface area contributed by atoms with Crippen molar-refractivity contribution < 1.29 is 9.53 Å². The van der Waals surface area contributed by atoms with Crippen molar-refractivity contribution in [2.75, 3.05) is 0 Å². The van der Waals surface area contributed by atoms with E-state index >= 15 is 0 Å². The minimum atomic E-state index is -0.448. The first-order chi connectivity index (χ1) is 11.5. The molecule has 0 unspecified atom stereocenters. The Hall–Kier alpha value is -1.22. The van der Waals surface area contributed by atoms with Crippen molar-refractivity contribution in [1.82, 2.24) is 5.32 Å². The summed E-state index contributed by atoms with van der Waals surface area (Å²) in [5, 5.41) is 4.04. The van der Waals surface area contributed by atoms with Gasteiger partial charge in [-0.15, -0.1) is 0 Å². The Morgan fingerprint density at radius 3 is 2.42 bits per heavy atom. The number of ether oxygens (including phenoxy) is 1. The molecule has 5 rings (SSSR count). The lowest BCUT2D eigenvalue weighted by Crippen LogP contribution is -2.61. The fraction of sp³-hybridized carbons (Fsp3) is 0.650. The van der Waals surface area contributed by atoms with Crippen molar-refractivity contribution >= 4 is 17.5 Å². The molecule has 4 aliphatic rings. The van der Waals surface area contributed by atoms with Crippen LogP contribution in [0.3, 0.4) is 0 Å². The summed E-state index contributed by atoms with van der Waals surface area (Å²) in [6.07, 6.45) is 7.85. The standard InChI is InChI=1S/C20H26ClNO2/c1-2-18(24-17-5-3-4-16(21)9-17)19(23)22-20-10-13-6-14(11-20)8-15(7-13)12-20/h3-5,9,13-15,18H,2,6-8,10-12H2,1H3,(H,22,23)/t13?,14?,15?,18-,20?/m0/s1. The summed E-state index contributed by atoms with van der Waals surface area (Å²) in [7, 11) is 0. The molecule has 4 aliphatic carbocycles. The number of hydrogen-bond donors (Lipinski definition) is 1. The van der Waals surface area contributed by atoms with Gasteiger partial charge in [0.2, 0.25) is 0 Å². The molecule has 1 N–H and O–H groups in total. The Kier molecular flexibility index (Phi) is 4.24. The van der Waals surface area contributed by atoms with Crippen LogP contribution in [0.25, 0.3) is 0 Å². The Morgan fingerprint density at radius 1 is 1.25 bits per heavy atom. The molecular formula is C20H26ClNO2. The molecule has 0 aromatic heterocycles. The van der Waals surface area contributed by atoms with Gasteiger partial charge < -0.3 is 10.1 Å². The van der Waals surface area contributed by atoms with E-state index in [2.05, 4.69) is 5.32 Å².